The van der Waals surface area contributed by atoms with Gasteiger partial charge in [-0.3, -0.25) is 4.79 Å². The molecule has 0 spiro atoms. The first-order valence-corrected chi connectivity index (χ1v) is 13.7. The van der Waals surface area contributed by atoms with Gasteiger partial charge in [-0.15, -0.1) is 0 Å². The fraction of sp³-hybridized carbons (Fsp3) is 0.469. The lowest BCUT2D eigenvalue weighted by atomic mass is 9.77. The summed E-state index contributed by atoms with van der Waals surface area (Å²) < 4.78 is 15.9. The first kappa shape index (κ1) is 26.2. The Morgan fingerprint density at radius 1 is 1.26 bits per heavy atom. The number of fused-ring (bicyclic) bond motifs is 1. The predicted octanol–water partition coefficient (Wildman–Crippen LogP) is 6.98. The third kappa shape index (κ3) is 4.64. The van der Waals surface area contributed by atoms with Gasteiger partial charge in [0, 0.05) is 54.6 Å². The molecule has 0 radical (unpaired) electrons. The van der Waals surface area contributed by atoms with E-state index in [1.807, 2.05) is 13.1 Å². The standard InChI is InChI=1S/C32H37FN4O/c1-20-26(15-29(38)23-10-11-28(33)25(14-23)17-34)18-35-31-30(20)27(19-36(31)5)24-12-13-37(32(3,4)16-24)21(2)22-8-6-7-9-22/h10-11,14,18-19,22,24H,2,6-9,12-13,15-16H2,1,3-5H3/t24-/m1/s1. The van der Waals surface area contributed by atoms with Crippen LogP contribution in [0.2, 0.25) is 0 Å². The highest BCUT2D eigenvalue weighted by atomic mass is 19.1. The van der Waals surface area contributed by atoms with E-state index in [0.29, 0.717) is 17.4 Å². The number of piperidine rings is 1. The topological polar surface area (TPSA) is 61.9 Å². The molecule has 1 aromatic carbocycles. The molecule has 0 bridgehead atoms. The van der Waals surface area contributed by atoms with Crippen LogP contribution >= 0.6 is 0 Å². The van der Waals surface area contributed by atoms with Gasteiger partial charge >= 0.3 is 0 Å². The molecule has 2 aromatic heterocycles. The summed E-state index contributed by atoms with van der Waals surface area (Å²) in [5.41, 5.74) is 5.72. The molecule has 1 saturated heterocycles. The molecule has 0 amide bonds. The van der Waals surface area contributed by atoms with E-state index in [4.69, 9.17) is 10.2 Å². The molecule has 1 aliphatic heterocycles. The summed E-state index contributed by atoms with van der Waals surface area (Å²) >= 11 is 0. The Balaban J connectivity index is 1.43. The molecule has 6 heteroatoms. The molecule has 198 valence electrons. The maximum Gasteiger partial charge on any atom is 0.167 e. The normalized spacial score (nSPS) is 19.6. The molecular weight excluding hydrogens is 475 g/mol. The summed E-state index contributed by atoms with van der Waals surface area (Å²) in [7, 11) is 2.03. The van der Waals surface area contributed by atoms with Crippen molar-refractivity contribution in [2.24, 2.45) is 13.0 Å². The molecule has 0 N–H and O–H groups in total. The number of hydrogen-bond acceptors (Lipinski definition) is 4. The molecule has 5 nitrogen and oxygen atoms in total. The van der Waals surface area contributed by atoms with Crippen molar-refractivity contribution in [1.29, 1.82) is 5.26 Å². The van der Waals surface area contributed by atoms with E-state index in [0.717, 1.165) is 41.5 Å². The van der Waals surface area contributed by atoms with Crippen LogP contribution < -0.4 is 0 Å². The Hall–Kier alpha value is -3.46. The minimum absolute atomic E-state index is 0.0146. The Morgan fingerprint density at radius 3 is 2.68 bits per heavy atom. The number of carbonyl (C=O) groups excluding carboxylic acids is 1. The molecule has 1 atom stereocenters. The van der Waals surface area contributed by atoms with Crippen LogP contribution in [0.5, 0.6) is 0 Å². The number of pyridine rings is 1. The lowest BCUT2D eigenvalue weighted by Crippen LogP contribution is -2.49. The van der Waals surface area contributed by atoms with E-state index in [9.17, 15) is 9.18 Å². The molecular formula is C32H37FN4O. The van der Waals surface area contributed by atoms with E-state index >= 15 is 0 Å². The second-order valence-electron chi connectivity index (χ2n) is 11.8. The second-order valence-corrected chi connectivity index (χ2v) is 11.8. The van der Waals surface area contributed by atoms with Crippen molar-refractivity contribution in [2.45, 2.75) is 77.2 Å². The van der Waals surface area contributed by atoms with Gasteiger partial charge in [0.15, 0.2) is 5.78 Å². The van der Waals surface area contributed by atoms with Crippen LogP contribution in [0.3, 0.4) is 0 Å². The van der Waals surface area contributed by atoms with Gasteiger partial charge in [-0.25, -0.2) is 9.37 Å². The minimum Gasteiger partial charge on any atom is -0.370 e. The van der Waals surface area contributed by atoms with Crippen molar-refractivity contribution in [2.75, 3.05) is 6.54 Å². The lowest BCUT2D eigenvalue weighted by Gasteiger charge is -2.49. The molecule has 3 aromatic rings. The number of rotatable bonds is 6. The zero-order chi connectivity index (χ0) is 27.2. The number of Topliss-reactive ketones (excluding diaryl/α,β-unsaturated/α-hetero) is 1. The highest BCUT2D eigenvalue weighted by Gasteiger charge is 2.39. The van der Waals surface area contributed by atoms with E-state index in [1.165, 1.54) is 55.1 Å². The first-order valence-electron chi connectivity index (χ1n) is 13.7. The van der Waals surface area contributed by atoms with E-state index in [1.54, 1.807) is 6.20 Å². The largest absolute Gasteiger partial charge is 0.370 e. The Labute approximate surface area is 225 Å². The minimum atomic E-state index is -0.613. The van der Waals surface area contributed by atoms with Crippen LogP contribution in [0, 0.1) is 30.0 Å². The lowest BCUT2D eigenvalue weighted by molar-refractivity contribution is 0.0897. The maximum absolute atomic E-state index is 13.8. The van der Waals surface area contributed by atoms with Crippen molar-refractivity contribution >= 4 is 16.8 Å². The van der Waals surface area contributed by atoms with E-state index in [2.05, 4.69) is 43.0 Å². The summed E-state index contributed by atoms with van der Waals surface area (Å²) in [5, 5.41) is 10.3. The van der Waals surface area contributed by atoms with Crippen LogP contribution in [-0.2, 0) is 13.5 Å². The highest BCUT2D eigenvalue weighted by Crippen LogP contribution is 2.45. The number of hydrogen-bond donors (Lipinski definition) is 0. The smallest absolute Gasteiger partial charge is 0.167 e. The van der Waals surface area contributed by atoms with E-state index in [-0.39, 0.29) is 23.3 Å². The summed E-state index contributed by atoms with van der Waals surface area (Å²) in [6, 6.07) is 5.79. The summed E-state index contributed by atoms with van der Waals surface area (Å²) in [6.07, 6.45) is 11.4. The molecule has 1 saturated carbocycles. The monoisotopic (exact) mass is 512 g/mol. The number of ketones is 1. The Bertz CT molecular complexity index is 1450. The fourth-order valence-electron chi connectivity index (χ4n) is 6.80. The van der Waals surface area contributed by atoms with Crippen LogP contribution in [0.1, 0.15) is 90.9 Å². The zero-order valence-electron chi connectivity index (χ0n) is 23.0. The van der Waals surface area contributed by atoms with Gasteiger partial charge in [0.1, 0.15) is 17.5 Å². The van der Waals surface area contributed by atoms with Crippen LogP contribution in [0.15, 0.2) is 42.9 Å². The fourth-order valence-corrected chi connectivity index (χ4v) is 6.80. The van der Waals surface area contributed by atoms with E-state index < -0.39 is 5.82 Å². The molecule has 0 unspecified atom stereocenters. The van der Waals surface area contributed by atoms with Crippen LogP contribution in [0.4, 0.5) is 4.39 Å². The molecule has 5 rings (SSSR count). The van der Waals surface area contributed by atoms with Gasteiger partial charge in [0.05, 0.1) is 5.56 Å². The third-order valence-corrected chi connectivity index (χ3v) is 8.93. The van der Waals surface area contributed by atoms with Crippen molar-refractivity contribution in [3.8, 4) is 6.07 Å². The number of likely N-dealkylation sites (tertiary alicyclic amines) is 1. The van der Waals surface area contributed by atoms with Crippen molar-refractivity contribution in [1.82, 2.24) is 14.5 Å². The summed E-state index contributed by atoms with van der Waals surface area (Å²) in [6.45, 7) is 12.3. The quantitative estimate of drug-likeness (QED) is 0.334. The Morgan fingerprint density at radius 2 is 2.00 bits per heavy atom. The zero-order valence-corrected chi connectivity index (χ0v) is 23.0. The van der Waals surface area contributed by atoms with Crippen molar-refractivity contribution in [3.05, 3.63) is 76.5 Å². The molecule has 3 heterocycles. The number of nitrogens with zero attached hydrogens (tertiary/aromatic N) is 4. The molecule has 2 fully saturated rings. The van der Waals surface area contributed by atoms with Crippen molar-refractivity contribution < 1.29 is 9.18 Å². The number of nitriles is 1. The van der Waals surface area contributed by atoms with Gasteiger partial charge in [0.2, 0.25) is 0 Å². The molecule has 38 heavy (non-hydrogen) atoms. The summed E-state index contributed by atoms with van der Waals surface area (Å²) in [5.74, 6) is 0.254. The molecule has 2 aliphatic rings. The van der Waals surface area contributed by atoms with Crippen LogP contribution in [-0.4, -0.2) is 32.3 Å². The SMILES string of the molecule is C=C(C1CCCC1)N1CC[C@@H](c2cn(C)c3ncc(CC(=O)c4ccc(F)c(C#N)c4)c(C)c23)CC1(C)C. The average molecular weight is 513 g/mol. The number of halogens is 1. The second kappa shape index (κ2) is 10.0. The predicted molar refractivity (Wildman–Crippen MR) is 148 cm³/mol. The first-order chi connectivity index (χ1) is 18.1. The number of benzene rings is 1. The maximum atomic E-state index is 13.8. The highest BCUT2D eigenvalue weighted by molar-refractivity contribution is 5.98. The number of allylic oxidation sites excluding steroid dienone is 1. The van der Waals surface area contributed by atoms with Gasteiger partial charge in [-0.05, 0) is 93.2 Å². The number of carbonyl (C=O) groups is 1. The van der Waals surface area contributed by atoms with Crippen molar-refractivity contribution in [3.63, 3.8) is 0 Å². The van der Waals surface area contributed by atoms with Gasteiger partial charge in [-0.2, -0.15) is 5.26 Å². The van der Waals surface area contributed by atoms with Gasteiger partial charge in [-0.1, -0.05) is 19.4 Å². The summed E-state index contributed by atoms with van der Waals surface area (Å²) in [4.78, 5) is 20.4. The van der Waals surface area contributed by atoms with Gasteiger partial charge in [0.25, 0.3) is 0 Å². The Kier molecular flexibility index (Phi) is 6.90. The molecule has 1 aliphatic carbocycles. The number of aryl methyl sites for hydroxylation is 2. The van der Waals surface area contributed by atoms with Crippen LogP contribution in [0.25, 0.3) is 11.0 Å². The average Bonchev–Trinajstić information content (AvgIpc) is 3.54. The number of aromatic nitrogens is 2. The van der Waals surface area contributed by atoms with Gasteiger partial charge < -0.3 is 9.47 Å². The third-order valence-electron chi connectivity index (χ3n) is 8.93.